The number of hydrogen-bond donors (Lipinski definition) is 1. The molecule has 5 heteroatoms. The number of amides is 1. The molecule has 1 heterocycles. The molecule has 1 N–H and O–H groups in total. The molecule has 0 atom stereocenters. The Morgan fingerprint density at radius 2 is 1.26 bits per heavy atom. The molecule has 0 fully saturated rings. The number of anilines is 1. The molecule has 1 aromatic heterocycles. The molecule has 4 aromatic carbocycles. The largest absolute Gasteiger partial charge is 0.496 e. The highest BCUT2D eigenvalue weighted by Gasteiger charge is 2.18. The van der Waals surface area contributed by atoms with Crippen molar-refractivity contribution in [1.82, 2.24) is 4.98 Å². The lowest BCUT2D eigenvalue weighted by Crippen LogP contribution is -2.12. The number of rotatable bonds is 6. The van der Waals surface area contributed by atoms with Crippen LogP contribution in [0.5, 0.6) is 5.75 Å². The maximum atomic E-state index is 13.0. The molecule has 1 amide bonds. The van der Waals surface area contributed by atoms with Gasteiger partial charge in [-0.2, -0.15) is 0 Å². The molecule has 5 aromatic rings. The van der Waals surface area contributed by atoms with Crippen LogP contribution in [0.2, 0.25) is 0 Å². The predicted molar refractivity (Wildman–Crippen MR) is 139 cm³/mol. The van der Waals surface area contributed by atoms with Gasteiger partial charge >= 0.3 is 0 Å². The highest BCUT2D eigenvalue weighted by atomic mass is 32.1. The Labute approximate surface area is 202 Å². The third kappa shape index (κ3) is 4.47. The van der Waals surface area contributed by atoms with Crippen LogP contribution in [0, 0.1) is 0 Å². The van der Waals surface area contributed by atoms with Gasteiger partial charge in [-0.05, 0) is 28.8 Å². The van der Waals surface area contributed by atoms with E-state index in [9.17, 15) is 4.79 Å². The summed E-state index contributed by atoms with van der Waals surface area (Å²) in [7, 11) is 1.56. The molecule has 0 saturated carbocycles. The standard InChI is InChI=1S/C29H22N2O2S/c1-33-25-15-9-8-14-24(25)28(32)31-29-30-26(27(34-29)23-12-6-3-7-13-23)22-18-16-21(17-19-22)20-10-4-2-5-11-20/h2-19H,1H3,(H,30,31,32). The average molecular weight is 463 g/mol. The van der Waals surface area contributed by atoms with E-state index in [2.05, 4.69) is 53.8 Å². The molecule has 0 unspecified atom stereocenters. The molecule has 0 radical (unpaired) electrons. The van der Waals surface area contributed by atoms with Crippen molar-refractivity contribution < 1.29 is 9.53 Å². The Morgan fingerprint density at radius 1 is 0.706 bits per heavy atom. The van der Waals surface area contributed by atoms with Crippen LogP contribution in [0.3, 0.4) is 0 Å². The first-order valence-corrected chi connectivity index (χ1v) is 11.7. The third-order valence-corrected chi connectivity index (χ3v) is 6.52. The second-order valence-electron chi connectivity index (χ2n) is 7.66. The van der Waals surface area contributed by atoms with Crippen LogP contribution in [-0.2, 0) is 0 Å². The van der Waals surface area contributed by atoms with Crippen LogP contribution in [0.4, 0.5) is 5.13 Å². The molecule has 0 aliphatic carbocycles. The molecule has 0 bridgehead atoms. The third-order valence-electron chi connectivity index (χ3n) is 5.50. The van der Waals surface area contributed by atoms with Crippen molar-refractivity contribution in [2.24, 2.45) is 0 Å². The minimum Gasteiger partial charge on any atom is -0.496 e. The maximum absolute atomic E-state index is 13.0. The topological polar surface area (TPSA) is 51.2 Å². The normalized spacial score (nSPS) is 10.6. The number of benzene rings is 4. The Balaban J connectivity index is 1.51. The fraction of sp³-hybridized carbons (Fsp3) is 0.0345. The molecule has 4 nitrogen and oxygen atoms in total. The van der Waals surface area contributed by atoms with E-state index in [1.54, 1.807) is 19.2 Å². The first-order valence-electron chi connectivity index (χ1n) is 10.9. The Morgan fingerprint density at radius 3 is 1.94 bits per heavy atom. The van der Waals surface area contributed by atoms with Crippen molar-refractivity contribution in [3.8, 4) is 38.6 Å². The van der Waals surface area contributed by atoms with Gasteiger partial charge in [-0.1, -0.05) is 108 Å². The molecular formula is C29H22N2O2S. The number of thiazole rings is 1. The summed E-state index contributed by atoms with van der Waals surface area (Å²) in [5, 5.41) is 3.50. The molecule has 0 aliphatic rings. The van der Waals surface area contributed by atoms with Crippen molar-refractivity contribution in [3.63, 3.8) is 0 Å². The number of aromatic nitrogens is 1. The van der Waals surface area contributed by atoms with E-state index in [1.165, 1.54) is 16.9 Å². The van der Waals surface area contributed by atoms with Gasteiger partial charge in [-0.3, -0.25) is 10.1 Å². The van der Waals surface area contributed by atoms with Crippen molar-refractivity contribution in [3.05, 3.63) is 115 Å². The second-order valence-corrected chi connectivity index (χ2v) is 8.66. The zero-order chi connectivity index (χ0) is 23.3. The molecule has 0 spiro atoms. The van der Waals surface area contributed by atoms with E-state index in [0.717, 1.165) is 27.3 Å². The van der Waals surface area contributed by atoms with Crippen molar-refractivity contribution in [2.75, 3.05) is 12.4 Å². The monoisotopic (exact) mass is 462 g/mol. The average Bonchev–Trinajstić information content (AvgIpc) is 3.33. The fourth-order valence-corrected chi connectivity index (χ4v) is 4.79. The Kier molecular flexibility index (Phi) is 6.19. The molecule has 34 heavy (non-hydrogen) atoms. The van der Waals surface area contributed by atoms with Gasteiger partial charge in [0.2, 0.25) is 0 Å². The SMILES string of the molecule is COc1ccccc1C(=O)Nc1nc(-c2ccc(-c3ccccc3)cc2)c(-c2ccccc2)s1. The summed E-state index contributed by atoms with van der Waals surface area (Å²) in [6.45, 7) is 0. The van der Waals surface area contributed by atoms with E-state index < -0.39 is 0 Å². The van der Waals surface area contributed by atoms with Gasteiger partial charge in [0.1, 0.15) is 5.75 Å². The van der Waals surface area contributed by atoms with Crippen molar-refractivity contribution in [2.45, 2.75) is 0 Å². The molecule has 5 rings (SSSR count). The Hall–Kier alpha value is -4.22. The maximum Gasteiger partial charge on any atom is 0.261 e. The number of nitrogens with zero attached hydrogens (tertiary/aromatic N) is 1. The lowest BCUT2D eigenvalue weighted by atomic mass is 10.0. The van der Waals surface area contributed by atoms with Gasteiger partial charge in [0.25, 0.3) is 5.91 Å². The van der Waals surface area contributed by atoms with E-state index in [4.69, 9.17) is 9.72 Å². The van der Waals surface area contributed by atoms with Gasteiger partial charge in [-0.25, -0.2) is 4.98 Å². The highest BCUT2D eigenvalue weighted by Crippen LogP contribution is 2.39. The second kappa shape index (κ2) is 9.73. The smallest absolute Gasteiger partial charge is 0.261 e. The summed E-state index contributed by atoms with van der Waals surface area (Å²) in [5.74, 6) is 0.272. The number of carbonyl (C=O) groups excluding carboxylic acids is 1. The van der Waals surface area contributed by atoms with Crippen LogP contribution < -0.4 is 10.1 Å². The summed E-state index contributed by atoms with van der Waals surface area (Å²) in [4.78, 5) is 18.8. The number of para-hydroxylation sites is 1. The zero-order valence-corrected chi connectivity index (χ0v) is 19.4. The number of nitrogens with one attached hydrogen (secondary N) is 1. The van der Waals surface area contributed by atoms with Crippen molar-refractivity contribution in [1.29, 1.82) is 0 Å². The number of carbonyl (C=O) groups is 1. The summed E-state index contributed by atoms with van der Waals surface area (Å²) in [6.07, 6.45) is 0. The number of hydrogen-bond acceptors (Lipinski definition) is 4. The van der Waals surface area contributed by atoms with Crippen LogP contribution in [-0.4, -0.2) is 18.0 Å². The molecule has 166 valence electrons. The van der Waals surface area contributed by atoms with E-state index in [1.807, 2.05) is 48.5 Å². The van der Waals surface area contributed by atoms with Crippen LogP contribution in [0.15, 0.2) is 109 Å². The number of ether oxygens (including phenoxy) is 1. The van der Waals surface area contributed by atoms with E-state index in [0.29, 0.717) is 16.4 Å². The highest BCUT2D eigenvalue weighted by molar-refractivity contribution is 7.19. The molecular weight excluding hydrogens is 440 g/mol. The molecule has 0 aliphatic heterocycles. The van der Waals surface area contributed by atoms with Gasteiger partial charge in [0.15, 0.2) is 5.13 Å². The summed E-state index contributed by atoms with van der Waals surface area (Å²) < 4.78 is 5.34. The minimum absolute atomic E-state index is 0.253. The van der Waals surface area contributed by atoms with E-state index in [-0.39, 0.29) is 5.91 Å². The first kappa shape index (κ1) is 21.6. The quantitative estimate of drug-likeness (QED) is 0.286. The van der Waals surface area contributed by atoms with Crippen LogP contribution >= 0.6 is 11.3 Å². The van der Waals surface area contributed by atoms with Crippen LogP contribution in [0.1, 0.15) is 10.4 Å². The van der Waals surface area contributed by atoms with Crippen LogP contribution in [0.25, 0.3) is 32.8 Å². The predicted octanol–water partition coefficient (Wildman–Crippen LogP) is 7.41. The number of methoxy groups -OCH3 is 1. The summed E-state index contributed by atoms with van der Waals surface area (Å²) >= 11 is 1.46. The minimum atomic E-state index is -0.253. The lowest BCUT2D eigenvalue weighted by Gasteiger charge is -2.07. The van der Waals surface area contributed by atoms with E-state index >= 15 is 0 Å². The van der Waals surface area contributed by atoms with Gasteiger partial charge in [-0.15, -0.1) is 0 Å². The van der Waals surface area contributed by atoms with Gasteiger partial charge in [0.05, 0.1) is 23.2 Å². The summed E-state index contributed by atoms with van der Waals surface area (Å²) in [5.41, 5.74) is 5.67. The Bertz CT molecular complexity index is 1410. The van der Waals surface area contributed by atoms with Crippen molar-refractivity contribution >= 4 is 22.4 Å². The van der Waals surface area contributed by atoms with Gasteiger partial charge in [0, 0.05) is 5.56 Å². The lowest BCUT2D eigenvalue weighted by molar-refractivity contribution is 0.102. The fourth-order valence-electron chi connectivity index (χ4n) is 3.80. The van der Waals surface area contributed by atoms with Gasteiger partial charge < -0.3 is 4.74 Å². The first-order chi connectivity index (χ1) is 16.7. The molecule has 0 saturated heterocycles. The summed E-state index contributed by atoms with van der Waals surface area (Å²) in [6, 6.07) is 35.9. The zero-order valence-electron chi connectivity index (χ0n) is 18.6.